The normalized spacial score (nSPS) is 21.6. The van der Waals surface area contributed by atoms with Crippen LogP contribution in [-0.4, -0.2) is 12.5 Å². The highest BCUT2D eigenvalue weighted by Crippen LogP contribution is 2.33. The van der Waals surface area contributed by atoms with Crippen LogP contribution in [-0.2, 0) is 4.79 Å². The first kappa shape index (κ1) is 11.3. The maximum absolute atomic E-state index is 12.4. The van der Waals surface area contributed by atoms with Gasteiger partial charge >= 0.3 is 0 Å². The molecule has 1 aromatic rings. The lowest BCUT2D eigenvalue weighted by atomic mass is 10.1. The molecule has 1 aromatic carbocycles. The van der Waals surface area contributed by atoms with Crippen LogP contribution >= 0.6 is 0 Å². The number of rotatable bonds is 2. The van der Waals surface area contributed by atoms with Crippen LogP contribution in [0.4, 0.5) is 0 Å². The van der Waals surface area contributed by atoms with Crippen LogP contribution < -0.4 is 10.1 Å². The highest BCUT2D eigenvalue weighted by molar-refractivity contribution is 6.00. The van der Waals surface area contributed by atoms with Crippen molar-refractivity contribution in [3.63, 3.8) is 0 Å². The van der Waals surface area contributed by atoms with E-state index in [0.29, 0.717) is 6.61 Å². The van der Waals surface area contributed by atoms with Gasteiger partial charge in [0.2, 0.25) is 0 Å². The molecule has 3 nitrogen and oxygen atoms in total. The van der Waals surface area contributed by atoms with Crippen molar-refractivity contribution in [1.29, 1.82) is 0 Å². The van der Waals surface area contributed by atoms with Gasteiger partial charge in [0.05, 0.1) is 6.04 Å². The number of carbonyl (C=O) groups is 1. The Morgan fingerprint density at radius 2 is 2.10 bits per heavy atom. The molecule has 20 heavy (non-hydrogen) atoms. The van der Waals surface area contributed by atoms with Gasteiger partial charge in [-0.3, -0.25) is 4.79 Å². The van der Waals surface area contributed by atoms with E-state index in [4.69, 9.17) is 4.74 Å². The van der Waals surface area contributed by atoms with Gasteiger partial charge in [-0.1, -0.05) is 42.5 Å². The van der Waals surface area contributed by atoms with Crippen molar-refractivity contribution in [2.75, 3.05) is 6.61 Å². The molecule has 2 aliphatic carbocycles. The van der Waals surface area contributed by atoms with Gasteiger partial charge in [-0.25, -0.2) is 0 Å². The second-order valence-electron chi connectivity index (χ2n) is 5.02. The summed E-state index contributed by atoms with van der Waals surface area (Å²) in [6.07, 6.45) is 9.81. The number of carbonyl (C=O) groups excluding carboxylic acids is 1. The summed E-state index contributed by atoms with van der Waals surface area (Å²) >= 11 is 0. The number of fused-ring (bicyclic) bond motifs is 2. The molecule has 1 amide bonds. The third-order valence-corrected chi connectivity index (χ3v) is 3.82. The third kappa shape index (κ3) is 1.63. The zero-order chi connectivity index (χ0) is 13.5. The third-order valence-electron chi connectivity index (χ3n) is 3.82. The number of hydrogen-bond donors (Lipinski definition) is 1. The number of amides is 1. The van der Waals surface area contributed by atoms with Crippen LogP contribution in [0.1, 0.15) is 11.6 Å². The van der Waals surface area contributed by atoms with Crippen LogP contribution in [0, 0.1) is 0 Å². The summed E-state index contributed by atoms with van der Waals surface area (Å²) in [6.45, 7) is 0.496. The van der Waals surface area contributed by atoms with E-state index in [1.54, 1.807) is 0 Å². The lowest BCUT2D eigenvalue weighted by Gasteiger charge is -2.12. The van der Waals surface area contributed by atoms with Crippen molar-refractivity contribution in [1.82, 2.24) is 5.32 Å². The Morgan fingerprint density at radius 3 is 3.05 bits per heavy atom. The highest BCUT2D eigenvalue weighted by Gasteiger charge is 2.27. The average molecular weight is 263 g/mol. The quantitative estimate of drug-likeness (QED) is 0.890. The van der Waals surface area contributed by atoms with Gasteiger partial charge in [-0.15, -0.1) is 0 Å². The molecule has 0 aromatic heterocycles. The van der Waals surface area contributed by atoms with Crippen molar-refractivity contribution in [3.05, 3.63) is 76.9 Å². The molecule has 1 N–H and O–H groups in total. The number of nitrogens with one attached hydrogen (secondary N) is 1. The molecule has 0 saturated carbocycles. The first-order valence-electron chi connectivity index (χ1n) is 6.66. The van der Waals surface area contributed by atoms with Crippen molar-refractivity contribution in [2.45, 2.75) is 6.04 Å². The molecule has 0 spiro atoms. The van der Waals surface area contributed by atoms with Crippen molar-refractivity contribution in [2.24, 2.45) is 0 Å². The topological polar surface area (TPSA) is 38.3 Å². The SMILES string of the molecule is O=C(NC1COc2ccccc21)C1=C2C=CC=C2C=C1. The van der Waals surface area contributed by atoms with Gasteiger partial charge in [-0.05, 0) is 23.3 Å². The first-order valence-corrected chi connectivity index (χ1v) is 6.66. The summed E-state index contributed by atoms with van der Waals surface area (Å²) in [5, 5.41) is 3.06. The number of benzene rings is 1. The monoisotopic (exact) mass is 263 g/mol. The first-order chi connectivity index (χ1) is 9.83. The fourth-order valence-corrected chi connectivity index (χ4v) is 2.80. The predicted octanol–water partition coefficient (Wildman–Crippen LogP) is 2.60. The van der Waals surface area contributed by atoms with Crippen LogP contribution in [0.5, 0.6) is 5.75 Å². The predicted molar refractivity (Wildman–Crippen MR) is 76.2 cm³/mol. The lowest BCUT2D eigenvalue weighted by Crippen LogP contribution is -2.30. The number of ether oxygens (including phenoxy) is 1. The molecule has 0 saturated heterocycles. The van der Waals surface area contributed by atoms with E-state index in [-0.39, 0.29) is 11.9 Å². The summed E-state index contributed by atoms with van der Waals surface area (Å²) in [5.74, 6) is 0.815. The van der Waals surface area contributed by atoms with Gasteiger partial charge in [0.25, 0.3) is 5.91 Å². The molecular weight excluding hydrogens is 250 g/mol. The summed E-state index contributed by atoms with van der Waals surface area (Å²) in [5.41, 5.74) is 3.90. The smallest absolute Gasteiger partial charge is 0.252 e. The molecular formula is C17H13NO2. The molecule has 4 rings (SSSR count). The Bertz CT molecular complexity index is 722. The Kier molecular flexibility index (Phi) is 2.39. The molecule has 98 valence electrons. The summed E-state index contributed by atoms with van der Waals surface area (Å²) in [4.78, 5) is 12.4. The molecule has 1 aliphatic heterocycles. The maximum atomic E-state index is 12.4. The van der Waals surface area contributed by atoms with Crippen molar-refractivity contribution in [3.8, 4) is 5.75 Å². The maximum Gasteiger partial charge on any atom is 0.252 e. The lowest BCUT2D eigenvalue weighted by molar-refractivity contribution is -0.118. The van der Waals surface area contributed by atoms with Gasteiger partial charge in [0, 0.05) is 11.1 Å². The Balaban J connectivity index is 1.58. The number of para-hydroxylation sites is 1. The average Bonchev–Trinajstić information content (AvgIpc) is 3.13. The van der Waals surface area contributed by atoms with Crippen LogP contribution in [0.15, 0.2) is 71.4 Å². The molecule has 1 unspecified atom stereocenters. The number of hydrogen-bond acceptors (Lipinski definition) is 2. The number of allylic oxidation sites excluding steroid dienone is 6. The Hall–Kier alpha value is -2.55. The summed E-state index contributed by atoms with van der Waals surface area (Å²) in [7, 11) is 0. The van der Waals surface area contributed by atoms with Crippen LogP contribution in [0.2, 0.25) is 0 Å². The minimum atomic E-state index is -0.0707. The molecule has 0 bridgehead atoms. The minimum absolute atomic E-state index is 0.0449. The molecule has 0 radical (unpaired) electrons. The largest absolute Gasteiger partial charge is 0.491 e. The van der Waals surface area contributed by atoms with E-state index >= 15 is 0 Å². The van der Waals surface area contributed by atoms with Gasteiger partial charge in [-0.2, -0.15) is 0 Å². The van der Waals surface area contributed by atoms with Crippen molar-refractivity contribution < 1.29 is 9.53 Å². The Labute approximate surface area is 116 Å². The highest BCUT2D eigenvalue weighted by atomic mass is 16.5. The van der Waals surface area contributed by atoms with Gasteiger partial charge < -0.3 is 10.1 Å². The molecule has 3 heteroatoms. The fourth-order valence-electron chi connectivity index (χ4n) is 2.80. The zero-order valence-electron chi connectivity index (χ0n) is 10.8. The summed E-state index contributed by atoms with van der Waals surface area (Å²) in [6, 6.07) is 7.76. The standard InChI is InChI=1S/C17H13NO2/c19-17(13-9-8-11-4-3-6-12(11)13)18-15-10-20-16-7-2-1-5-14(15)16/h1-9,15H,10H2,(H,18,19). The zero-order valence-corrected chi connectivity index (χ0v) is 10.8. The molecule has 3 aliphatic rings. The van der Waals surface area contributed by atoms with Crippen LogP contribution in [0.3, 0.4) is 0 Å². The van der Waals surface area contributed by atoms with E-state index in [9.17, 15) is 4.79 Å². The van der Waals surface area contributed by atoms with Crippen molar-refractivity contribution >= 4 is 5.91 Å². The van der Waals surface area contributed by atoms with Gasteiger partial charge in [0.1, 0.15) is 12.4 Å². The molecule has 0 fully saturated rings. The summed E-state index contributed by atoms with van der Waals surface area (Å²) < 4.78 is 5.59. The second kappa shape index (κ2) is 4.23. The fraction of sp³-hybridized carbons (Fsp3) is 0.118. The molecule has 1 heterocycles. The molecule has 1 atom stereocenters. The van der Waals surface area contributed by atoms with E-state index < -0.39 is 0 Å². The van der Waals surface area contributed by atoms with Crippen LogP contribution in [0.25, 0.3) is 0 Å². The van der Waals surface area contributed by atoms with Gasteiger partial charge in [0.15, 0.2) is 0 Å². The van der Waals surface area contributed by atoms with E-state index in [1.165, 1.54) is 0 Å². The van der Waals surface area contributed by atoms with E-state index in [1.807, 2.05) is 54.6 Å². The minimum Gasteiger partial charge on any atom is -0.491 e. The van der Waals surface area contributed by atoms with E-state index in [2.05, 4.69) is 5.32 Å². The Morgan fingerprint density at radius 1 is 1.20 bits per heavy atom. The van der Waals surface area contributed by atoms with E-state index in [0.717, 1.165) is 28.0 Å². The second-order valence-corrected chi connectivity index (χ2v) is 5.02.